The topological polar surface area (TPSA) is 41.6 Å². The van der Waals surface area contributed by atoms with Crippen molar-refractivity contribution in [3.8, 4) is 0 Å². The predicted octanol–water partition coefficient (Wildman–Crippen LogP) is 2.82. The highest BCUT2D eigenvalue weighted by Crippen LogP contribution is 2.25. The summed E-state index contributed by atoms with van der Waals surface area (Å²) in [5.41, 5.74) is -0.559. The Bertz CT molecular complexity index is 320. The Kier molecular flexibility index (Phi) is 7.67. The summed E-state index contributed by atoms with van der Waals surface area (Å²) in [5.74, 6) is 0.573. The zero-order chi connectivity index (χ0) is 15.9. The number of hydrogen-bond donors (Lipinski definition) is 1. The zero-order valence-electron chi connectivity index (χ0n) is 14.6. The first-order valence-electron chi connectivity index (χ1n) is 8.61. The van der Waals surface area contributed by atoms with Crippen molar-refractivity contribution < 1.29 is 9.53 Å². The predicted molar refractivity (Wildman–Crippen MR) is 87.4 cm³/mol. The van der Waals surface area contributed by atoms with Crippen LogP contribution in [0.25, 0.3) is 0 Å². The van der Waals surface area contributed by atoms with Crippen molar-refractivity contribution in [1.29, 1.82) is 0 Å². The fourth-order valence-corrected chi connectivity index (χ4v) is 3.21. The van der Waals surface area contributed by atoms with E-state index in [9.17, 15) is 4.79 Å². The Morgan fingerprint density at radius 3 is 2.71 bits per heavy atom. The normalized spacial score (nSPS) is 22.5. The molecule has 1 N–H and O–H groups in total. The smallest absolute Gasteiger partial charge is 0.326 e. The molecule has 0 radical (unpaired) electrons. The van der Waals surface area contributed by atoms with Gasteiger partial charge in [-0.05, 0) is 58.5 Å². The second kappa shape index (κ2) is 8.74. The molecule has 1 heterocycles. The Balaban J connectivity index is 2.61. The lowest BCUT2D eigenvalue weighted by Crippen LogP contribution is -2.53. The van der Waals surface area contributed by atoms with Crippen LogP contribution in [0.1, 0.15) is 60.3 Å². The minimum absolute atomic E-state index is 0.112. The molecule has 0 spiro atoms. The number of ether oxygens (including phenoxy) is 1. The molecule has 21 heavy (non-hydrogen) atoms. The monoisotopic (exact) mass is 298 g/mol. The van der Waals surface area contributed by atoms with E-state index in [0.29, 0.717) is 18.6 Å². The average Bonchev–Trinajstić information content (AvgIpc) is 2.92. The highest BCUT2D eigenvalue weighted by atomic mass is 16.5. The summed E-state index contributed by atoms with van der Waals surface area (Å²) in [6.45, 7) is 14.0. The highest BCUT2D eigenvalue weighted by Gasteiger charge is 2.36. The lowest BCUT2D eigenvalue weighted by molar-refractivity contribution is -0.151. The average molecular weight is 298 g/mol. The molecule has 0 amide bonds. The van der Waals surface area contributed by atoms with Crippen LogP contribution >= 0.6 is 0 Å². The second-order valence-electron chi connectivity index (χ2n) is 6.72. The quantitative estimate of drug-likeness (QED) is 0.665. The van der Waals surface area contributed by atoms with Gasteiger partial charge in [-0.25, -0.2) is 0 Å². The standard InChI is InChI=1S/C17H34N2O2/c1-6-11-18-17(5,16(20)21-7-2)10-13-19-12-8-9-15(19)14(3)4/h14-15,18H,6-13H2,1-5H3. The first-order valence-corrected chi connectivity index (χ1v) is 8.61. The van der Waals surface area contributed by atoms with Crippen LogP contribution in [0.3, 0.4) is 0 Å². The number of rotatable bonds is 9. The van der Waals surface area contributed by atoms with Crippen LogP contribution in [0.2, 0.25) is 0 Å². The number of esters is 1. The summed E-state index contributed by atoms with van der Waals surface area (Å²) in [4.78, 5) is 14.8. The lowest BCUT2D eigenvalue weighted by Gasteiger charge is -2.33. The Labute approximate surface area is 130 Å². The van der Waals surface area contributed by atoms with E-state index in [1.54, 1.807) is 0 Å². The molecule has 0 saturated carbocycles. The van der Waals surface area contributed by atoms with Gasteiger partial charge in [0, 0.05) is 12.6 Å². The summed E-state index contributed by atoms with van der Waals surface area (Å²) in [6.07, 6.45) is 4.40. The number of carbonyl (C=O) groups is 1. The first kappa shape index (κ1) is 18.4. The van der Waals surface area contributed by atoms with Gasteiger partial charge < -0.3 is 15.0 Å². The fourth-order valence-electron chi connectivity index (χ4n) is 3.21. The summed E-state index contributed by atoms with van der Waals surface area (Å²) in [6, 6.07) is 0.669. The molecular weight excluding hydrogens is 264 g/mol. The van der Waals surface area contributed by atoms with Gasteiger partial charge in [0.15, 0.2) is 0 Å². The van der Waals surface area contributed by atoms with Crippen molar-refractivity contribution in [2.75, 3.05) is 26.2 Å². The van der Waals surface area contributed by atoms with Gasteiger partial charge in [0.25, 0.3) is 0 Å². The Morgan fingerprint density at radius 2 is 2.14 bits per heavy atom. The minimum Gasteiger partial charge on any atom is -0.465 e. The Morgan fingerprint density at radius 1 is 1.43 bits per heavy atom. The largest absolute Gasteiger partial charge is 0.465 e. The maximum absolute atomic E-state index is 12.3. The summed E-state index contributed by atoms with van der Waals surface area (Å²) < 4.78 is 5.27. The molecule has 124 valence electrons. The van der Waals surface area contributed by atoms with E-state index in [1.165, 1.54) is 12.8 Å². The van der Waals surface area contributed by atoms with E-state index in [1.807, 2.05) is 13.8 Å². The van der Waals surface area contributed by atoms with Crippen LogP contribution in [0.4, 0.5) is 0 Å². The SMILES string of the molecule is CCCNC(C)(CCN1CCCC1C(C)C)C(=O)OCC. The maximum Gasteiger partial charge on any atom is 0.326 e. The second-order valence-corrected chi connectivity index (χ2v) is 6.72. The third-order valence-corrected chi connectivity index (χ3v) is 4.57. The molecule has 2 atom stereocenters. The molecule has 0 aliphatic carbocycles. The molecule has 0 aromatic heterocycles. The molecule has 0 bridgehead atoms. The lowest BCUT2D eigenvalue weighted by atomic mass is 9.96. The molecular formula is C17H34N2O2. The van der Waals surface area contributed by atoms with E-state index >= 15 is 0 Å². The van der Waals surface area contributed by atoms with Crippen LogP contribution in [0, 0.1) is 5.92 Å². The molecule has 1 aliphatic rings. The van der Waals surface area contributed by atoms with Crippen LogP contribution in [-0.4, -0.2) is 48.7 Å². The number of carbonyl (C=O) groups excluding carboxylic acids is 1. The van der Waals surface area contributed by atoms with E-state index in [-0.39, 0.29) is 5.97 Å². The van der Waals surface area contributed by atoms with Crippen molar-refractivity contribution >= 4 is 5.97 Å². The van der Waals surface area contributed by atoms with E-state index < -0.39 is 5.54 Å². The molecule has 1 rings (SSSR count). The van der Waals surface area contributed by atoms with Crippen molar-refractivity contribution in [3.05, 3.63) is 0 Å². The van der Waals surface area contributed by atoms with E-state index in [4.69, 9.17) is 4.74 Å². The van der Waals surface area contributed by atoms with Crippen LogP contribution in [-0.2, 0) is 9.53 Å². The number of nitrogens with zero attached hydrogens (tertiary/aromatic N) is 1. The van der Waals surface area contributed by atoms with E-state index in [0.717, 1.165) is 32.5 Å². The van der Waals surface area contributed by atoms with Gasteiger partial charge in [-0.3, -0.25) is 4.79 Å². The van der Waals surface area contributed by atoms with E-state index in [2.05, 4.69) is 31.0 Å². The van der Waals surface area contributed by atoms with Gasteiger partial charge in [-0.2, -0.15) is 0 Å². The molecule has 0 aromatic rings. The van der Waals surface area contributed by atoms with Gasteiger partial charge >= 0.3 is 5.97 Å². The van der Waals surface area contributed by atoms with Crippen LogP contribution < -0.4 is 5.32 Å². The van der Waals surface area contributed by atoms with Crippen molar-refractivity contribution in [1.82, 2.24) is 10.2 Å². The van der Waals surface area contributed by atoms with Gasteiger partial charge in [0.2, 0.25) is 0 Å². The Hall–Kier alpha value is -0.610. The van der Waals surface area contributed by atoms with Crippen LogP contribution in [0.5, 0.6) is 0 Å². The summed E-state index contributed by atoms with van der Waals surface area (Å²) in [7, 11) is 0. The third kappa shape index (κ3) is 5.26. The fraction of sp³-hybridized carbons (Fsp3) is 0.941. The molecule has 4 heteroatoms. The number of hydrogen-bond acceptors (Lipinski definition) is 4. The molecule has 2 unspecified atom stereocenters. The highest BCUT2D eigenvalue weighted by molar-refractivity contribution is 5.80. The minimum atomic E-state index is -0.559. The molecule has 1 aliphatic heterocycles. The van der Waals surface area contributed by atoms with Gasteiger partial charge in [0.1, 0.15) is 5.54 Å². The van der Waals surface area contributed by atoms with Crippen molar-refractivity contribution in [2.24, 2.45) is 5.92 Å². The van der Waals surface area contributed by atoms with Gasteiger partial charge in [0.05, 0.1) is 6.61 Å². The maximum atomic E-state index is 12.3. The van der Waals surface area contributed by atoms with Crippen molar-refractivity contribution in [2.45, 2.75) is 71.9 Å². The summed E-state index contributed by atoms with van der Waals surface area (Å²) in [5, 5.41) is 3.40. The number of nitrogens with one attached hydrogen (secondary N) is 1. The third-order valence-electron chi connectivity index (χ3n) is 4.57. The molecule has 0 aromatic carbocycles. The first-order chi connectivity index (χ1) is 9.94. The van der Waals surface area contributed by atoms with Crippen LogP contribution in [0.15, 0.2) is 0 Å². The molecule has 1 fully saturated rings. The molecule has 4 nitrogen and oxygen atoms in total. The van der Waals surface area contributed by atoms with Gasteiger partial charge in [-0.1, -0.05) is 20.8 Å². The molecule has 1 saturated heterocycles. The number of likely N-dealkylation sites (tertiary alicyclic amines) is 1. The van der Waals surface area contributed by atoms with Gasteiger partial charge in [-0.15, -0.1) is 0 Å². The van der Waals surface area contributed by atoms with Crippen molar-refractivity contribution in [3.63, 3.8) is 0 Å². The zero-order valence-corrected chi connectivity index (χ0v) is 14.6. The summed E-state index contributed by atoms with van der Waals surface area (Å²) >= 11 is 0.